The third-order valence-electron chi connectivity index (χ3n) is 7.22. The molecule has 0 bridgehead atoms. The normalized spacial score (nSPS) is 14.0. The molecule has 2 amide bonds. The molecule has 4 rings (SSSR count). The monoisotopic (exact) mass is 668 g/mol. The molecule has 1 aliphatic rings. The van der Waals surface area contributed by atoms with Gasteiger partial charge in [0.05, 0.1) is 18.6 Å². The summed E-state index contributed by atoms with van der Waals surface area (Å²) in [5, 5.41) is 11.0. The van der Waals surface area contributed by atoms with Crippen molar-refractivity contribution in [2.45, 2.75) is 44.0 Å². The van der Waals surface area contributed by atoms with Gasteiger partial charge in [-0.3, -0.25) is 4.79 Å². The second kappa shape index (κ2) is 21.8. The predicted octanol–water partition coefficient (Wildman–Crippen LogP) is 3.62. The smallest absolute Gasteiger partial charge is 0.407 e. The largest absolute Gasteiger partial charge is 0.453 e. The van der Waals surface area contributed by atoms with Crippen LogP contribution in [0.1, 0.15) is 37.8 Å². The lowest BCUT2D eigenvalue weighted by Gasteiger charge is -2.28. The average Bonchev–Trinajstić information content (AvgIpc) is 3.60. The van der Waals surface area contributed by atoms with E-state index in [1.54, 1.807) is 35.6 Å². The van der Waals surface area contributed by atoms with Crippen LogP contribution in [-0.4, -0.2) is 84.2 Å². The Kier molecular flexibility index (Phi) is 18.1. The number of sulfonamides is 1. The first-order chi connectivity index (χ1) is 22.6. The second-order valence-corrected chi connectivity index (χ2v) is 13.4. The van der Waals surface area contributed by atoms with Gasteiger partial charge in [-0.05, 0) is 74.2 Å². The van der Waals surface area contributed by atoms with Crippen LogP contribution in [0.4, 0.5) is 10.5 Å². The van der Waals surface area contributed by atoms with E-state index in [2.05, 4.69) is 101 Å². The highest BCUT2D eigenvalue weighted by Crippen LogP contribution is 2.23. The lowest BCUT2D eigenvalue weighted by Crippen LogP contribution is -2.42. The molecule has 1 saturated heterocycles. The lowest BCUT2D eigenvalue weighted by atomic mass is 10.1. The number of likely N-dealkylation sites (N-methyl/N-ethyl adjacent to an activating group) is 1. The SMILES string of the molecule is CC(C)CCN(C1CCNC1)S(=O)(=O)c1ccc(N)cc1.CNCCNC(=O)CNC(=O)OC.c1ccc(Cc2ccccc2)cc1. The van der Waals surface area contributed by atoms with Crippen LogP contribution in [0.3, 0.4) is 0 Å². The van der Waals surface area contributed by atoms with Crippen LogP contribution in [0.15, 0.2) is 89.8 Å². The Morgan fingerprint density at radius 2 is 1.53 bits per heavy atom. The molecule has 3 aromatic carbocycles. The number of hydrogen-bond acceptors (Lipinski definition) is 8. The molecular weight excluding hydrogens is 616 g/mol. The number of benzene rings is 3. The van der Waals surface area contributed by atoms with Gasteiger partial charge < -0.3 is 31.7 Å². The first kappa shape index (κ1) is 39.2. The minimum Gasteiger partial charge on any atom is -0.453 e. The van der Waals surface area contributed by atoms with Gasteiger partial charge in [-0.15, -0.1) is 0 Å². The van der Waals surface area contributed by atoms with Crippen molar-refractivity contribution in [1.82, 2.24) is 25.6 Å². The minimum absolute atomic E-state index is 0.0475. The van der Waals surface area contributed by atoms with Gasteiger partial charge in [0.1, 0.15) is 0 Å². The number of hydrogen-bond donors (Lipinski definition) is 5. The molecule has 0 aliphatic carbocycles. The summed E-state index contributed by atoms with van der Waals surface area (Å²) in [5.41, 5.74) is 8.96. The molecule has 0 radical (unpaired) electrons. The molecule has 1 unspecified atom stereocenters. The summed E-state index contributed by atoms with van der Waals surface area (Å²) in [6.07, 6.45) is 2.15. The number of amides is 2. The van der Waals surface area contributed by atoms with Crippen molar-refractivity contribution in [1.29, 1.82) is 0 Å². The van der Waals surface area contributed by atoms with E-state index in [4.69, 9.17) is 5.73 Å². The van der Waals surface area contributed by atoms with Crippen molar-refractivity contribution in [3.63, 3.8) is 0 Å². The minimum atomic E-state index is -3.46. The standard InChI is InChI=1S/C15H25N3O2S.C13H12.C7H15N3O3/c1-12(2)8-10-18(14-7-9-17-11-14)21(19,20)15-5-3-13(16)4-6-15;1-3-7-12(8-4-1)11-13-9-5-2-6-10-13;1-8-3-4-9-6(11)5-10-7(12)13-2/h3-6,12,14,17H,7-11,16H2,1-2H3;1-10H,11H2;8H,3-5H2,1-2H3,(H,9,11)(H,10,12). The number of carbonyl (C=O) groups excluding carboxylic acids is 2. The van der Waals surface area contributed by atoms with Crippen LogP contribution in [0, 0.1) is 5.92 Å². The van der Waals surface area contributed by atoms with E-state index in [-0.39, 0.29) is 18.5 Å². The van der Waals surface area contributed by atoms with Gasteiger partial charge in [0, 0.05) is 37.9 Å². The molecule has 0 aromatic heterocycles. The van der Waals surface area contributed by atoms with Crippen molar-refractivity contribution < 1.29 is 22.7 Å². The Bertz CT molecular complexity index is 1360. The number of methoxy groups -OCH3 is 1. The Morgan fingerprint density at radius 3 is 2.02 bits per heavy atom. The molecule has 1 aliphatic heterocycles. The molecule has 6 N–H and O–H groups in total. The molecule has 11 nitrogen and oxygen atoms in total. The Morgan fingerprint density at radius 1 is 0.936 bits per heavy atom. The van der Waals surface area contributed by atoms with Gasteiger partial charge in [0.2, 0.25) is 15.9 Å². The van der Waals surface area contributed by atoms with Crippen LogP contribution in [0.5, 0.6) is 0 Å². The van der Waals surface area contributed by atoms with Crippen molar-refractivity contribution in [3.8, 4) is 0 Å². The maximum atomic E-state index is 12.9. The first-order valence-corrected chi connectivity index (χ1v) is 17.4. The summed E-state index contributed by atoms with van der Waals surface area (Å²) in [5.74, 6) is 0.240. The summed E-state index contributed by atoms with van der Waals surface area (Å²) in [6.45, 7) is 7.57. The van der Waals surface area contributed by atoms with Gasteiger partial charge in [0.15, 0.2) is 0 Å². The predicted molar refractivity (Wildman–Crippen MR) is 189 cm³/mol. The van der Waals surface area contributed by atoms with Crippen LogP contribution in [0.2, 0.25) is 0 Å². The van der Waals surface area contributed by atoms with Crippen molar-refractivity contribution >= 4 is 27.7 Å². The van der Waals surface area contributed by atoms with Gasteiger partial charge in [-0.25, -0.2) is 13.2 Å². The number of nitrogens with one attached hydrogen (secondary N) is 4. The summed E-state index contributed by atoms with van der Waals surface area (Å²) < 4.78 is 31.8. The van der Waals surface area contributed by atoms with Crippen LogP contribution in [0.25, 0.3) is 0 Å². The van der Waals surface area contributed by atoms with E-state index >= 15 is 0 Å². The summed E-state index contributed by atoms with van der Waals surface area (Å²) in [6, 6.07) is 27.6. The van der Waals surface area contributed by atoms with E-state index in [1.807, 2.05) is 0 Å². The number of anilines is 1. The number of alkyl carbamates (subject to hydrolysis) is 1. The Balaban J connectivity index is 0.000000258. The molecular formula is C35H52N6O5S. The van der Waals surface area contributed by atoms with Crippen LogP contribution in [-0.2, 0) is 26.0 Å². The zero-order valence-electron chi connectivity index (χ0n) is 28.1. The fraction of sp³-hybridized carbons (Fsp3) is 0.429. The lowest BCUT2D eigenvalue weighted by molar-refractivity contribution is -0.120. The van der Waals surface area contributed by atoms with Crippen LogP contribution < -0.4 is 27.0 Å². The fourth-order valence-electron chi connectivity index (χ4n) is 4.59. The maximum Gasteiger partial charge on any atom is 0.407 e. The van der Waals surface area contributed by atoms with Gasteiger partial charge >= 0.3 is 6.09 Å². The van der Waals surface area contributed by atoms with Crippen molar-refractivity contribution in [3.05, 3.63) is 96.1 Å². The number of nitrogen functional groups attached to an aromatic ring is 1. The van der Waals surface area contributed by atoms with E-state index in [9.17, 15) is 18.0 Å². The second-order valence-electron chi connectivity index (χ2n) is 11.5. The van der Waals surface area contributed by atoms with E-state index in [0.717, 1.165) is 32.4 Å². The van der Waals surface area contributed by atoms with E-state index in [0.29, 0.717) is 36.1 Å². The quantitative estimate of drug-likeness (QED) is 0.137. The molecule has 0 spiro atoms. The molecule has 1 fully saturated rings. The average molecular weight is 669 g/mol. The number of nitrogens with zero attached hydrogens (tertiary/aromatic N) is 1. The van der Waals surface area contributed by atoms with E-state index in [1.165, 1.54) is 18.2 Å². The molecule has 0 saturated carbocycles. The zero-order valence-corrected chi connectivity index (χ0v) is 28.9. The summed E-state index contributed by atoms with van der Waals surface area (Å²) in [4.78, 5) is 21.8. The van der Waals surface area contributed by atoms with Gasteiger partial charge in [-0.2, -0.15) is 4.31 Å². The molecule has 1 atom stereocenters. The number of rotatable bonds is 13. The number of ether oxygens (including phenoxy) is 1. The molecule has 3 aromatic rings. The fourth-order valence-corrected chi connectivity index (χ4v) is 6.26. The highest BCUT2D eigenvalue weighted by atomic mass is 32.2. The molecule has 1 heterocycles. The summed E-state index contributed by atoms with van der Waals surface area (Å²) in [7, 11) is -0.424. The summed E-state index contributed by atoms with van der Waals surface area (Å²) >= 11 is 0. The Labute approximate surface area is 280 Å². The maximum absolute atomic E-state index is 12.9. The third-order valence-corrected chi connectivity index (χ3v) is 9.19. The first-order valence-electron chi connectivity index (χ1n) is 16.0. The highest BCUT2D eigenvalue weighted by Gasteiger charge is 2.33. The zero-order chi connectivity index (χ0) is 34.5. The van der Waals surface area contributed by atoms with Crippen LogP contribution >= 0.6 is 0 Å². The third kappa shape index (κ3) is 15.4. The van der Waals surface area contributed by atoms with Crippen molar-refractivity contribution in [2.24, 2.45) is 5.92 Å². The highest BCUT2D eigenvalue weighted by molar-refractivity contribution is 7.89. The van der Waals surface area contributed by atoms with Gasteiger partial charge in [0.25, 0.3) is 0 Å². The molecule has 47 heavy (non-hydrogen) atoms. The Hall–Kier alpha value is -3.97. The van der Waals surface area contributed by atoms with Gasteiger partial charge in [-0.1, -0.05) is 74.5 Å². The van der Waals surface area contributed by atoms with Crippen molar-refractivity contribution in [2.75, 3.05) is 59.2 Å². The topological polar surface area (TPSA) is 155 Å². The van der Waals surface area contributed by atoms with E-state index < -0.39 is 16.1 Å². The molecule has 258 valence electrons. The number of nitrogens with two attached hydrogens (primary N) is 1. The number of carbonyl (C=O) groups is 2. The molecule has 12 heteroatoms.